The maximum atomic E-state index is 11.6. The van der Waals surface area contributed by atoms with Crippen LogP contribution in [-0.4, -0.2) is 23.5 Å². The van der Waals surface area contributed by atoms with Gasteiger partial charge in [-0.05, 0) is 37.9 Å². The lowest BCUT2D eigenvalue weighted by atomic mass is 10.1. The lowest BCUT2D eigenvalue weighted by molar-refractivity contribution is -0.121. The smallest absolute Gasteiger partial charge is 0.220 e. The number of hydrogen-bond acceptors (Lipinski definition) is 3. The van der Waals surface area contributed by atoms with Crippen LogP contribution in [0.1, 0.15) is 31.4 Å². The van der Waals surface area contributed by atoms with Gasteiger partial charge in [-0.15, -0.1) is 24.8 Å². The van der Waals surface area contributed by atoms with Crippen molar-refractivity contribution in [3.8, 4) is 0 Å². The number of carbonyl (C=O) groups is 1. The monoisotopic (exact) mass is 305 g/mol. The topological polar surface area (TPSA) is 54.0 Å². The lowest BCUT2D eigenvalue weighted by Gasteiger charge is -2.09. The summed E-state index contributed by atoms with van der Waals surface area (Å²) >= 11 is 0. The van der Waals surface area contributed by atoms with Gasteiger partial charge in [-0.1, -0.05) is 6.07 Å². The van der Waals surface area contributed by atoms with E-state index in [1.165, 1.54) is 12.8 Å². The second-order valence-electron chi connectivity index (χ2n) is 4.43. The molecule has 108 valence electrons. The fourth-order valence-corrected chi connectivity index (χ4v) is 2.09. The van der Waals surface area contributed by atoms with Gasteiger partial charge in [0.1, 0.15) is 0 Å². The van der Waals surface area contributed by atoms with E-state index in [1.807, 2.05) is 18.2 Å². The third kappa shape index (κ3) is 6.76. The van der Waals surface area contributed by atoms with E-state index < -0.39 is 0 Å². The summed E-state index contributed by atoms with van der Waals surface area (Å²) in [5.74, 6) is 0.115. The largest absolute Gasteiger partial charge is 0.350 e. The Morgan fingerprint density at radius 2 is 2.26 bits per heavy atom. The van der Waals surface area contributed by atoms with Gasteiger partial charge in [0.15, 0.2) is 0 Å². The molecule has 2 heterocycles. The van der Waals surface area contributed by atoms with Crippen LogP contribution in [0, 0.1) is 0 Å². The third-order valence-corrected chi connectivity index (χ3v) is 3.08. The van der Waals surface area contributed by atoms with Gasteiger partial charge < -0.3 is 10.6 Å². The molecule has 1 amide bonds. The molecule has 0 aliphatic carbocycles. The summed E-state index contributed by atoms with van der Waals surface area (Å²) in [5, 5.41) is 6.29. The van der Waals surface area contributed by atoms with Crippen molar-refractivity contribution in [2.75, 3.05) is 6.54 Å². The number of carbonyl (C=O) groups excluding carboxylic acids is 1. The van der Waals surface area contributed by atoms with Crippen molar-refractivity contribution < 1.29 is 4.79 Å². The highest BCUT2D eigenvalue weighted by molar-refractivity contribution is 5.85. The van der Waals surface area contributed by atoms with Crippen molar-refractivity contribution in [3.63, 3.8) is 0 Å². The average Bonchev–Trinajstić information content (AvgIpc) is 2.88. The first-order valence-electron chi connectivity index (χ1n) is 6.24. The highest BCUT2D eigenvalue weighted by atomic mass is 35.5. The van der Waals surface area contributed by atoms with Crippen molar-refractivity contribution in [1.29, 1.82) is 0 Å². The van der Waals surface area contributed by atoms with Gasteiger partial charge in [0.2, 0.25) is 5.91 Å². The zero-order valence-corrected chi connectivity index (χ0v) is 12.4. The zero-order valence-electron chi connectivity index (χ0n) is 10.8. The maximum Gasteiger partial charge on any atom is 0.220 e. The van der Waals surface area contributed by atoms with Crippen LogP contribution in [0.4, 0.5) is 0 Å². The second kappa shape index (κ2) is 10.0. The number of hydrogen-bond donors (Lipinski definition) is 2. The molecule has 0 saturated carbocycles. The summed E-state index contributed by atoms with van der Waals surface area (Å²) < 4.78 is 0. The number of halogens is 2. The molecule has 0 aromatic carbocycles. The Labute approximate surface area is 126 Å². The van der Waals surface area contributed by atoms with E-state index in [2.05, 4.69) is 15.6 Å². The first-order valence-corrected chi connectivity index (χ1v) is 6.24. The minimum atomic E-state index is 0. The van der Waals surface area contributed by atoms with Gasteiger partial charge in [-0.3, -0.25) is 9.78 Å². The number of pyridine rings is 1. The van der Waals surface area contributed by atoms with Crippen LogP contribution >= 0.6 is 24.8 Å². The van der Waals surface area contributed by atoms with Crippen molar-refractivity contribution in [2.24, 2.45) is 0 Å². The Kier molecular flexibility index (Phi) is 9.57. The van der Waals surface area contributed by atoms with Crippen LogP contribution in [0.15, 0.2) is 24.4 Å². The fraction of sp³-hybridized carbons (Fsp3) is 0.538. The van der Waals surface area contributed by atoms with Gasteiger partial charge in [-0.2, -0.15) is 0 Å². The Balaban J connectivity index is 0.00000162. The molecular formula is C13H21Cl2N3O. The predicted octanol–water partition coefficient (Wildman–Crippen LogP) is 2.07. The summed E-state index contributed by atoms with van der Waals surface area (Å²) in [4.78, 5) is 15.8. The van der Waals surface area contributed by atoms with Crippen molar-refractivity contribution in [2.45, 2.75) is 38.3 Å². The molecule has 1 aliphatic heterocycles. The van der Waals surface area contributed by atoms with Crippen LogP contribution in [0.2, 0.25) is 0 Å². The molecule has 4 nitrogen and oxygen atoms in total. The molecule has 1 aromatic heterocycles. The van der Waals surface area contributed by atoms with E-state index in [4.69, 9.17) is 0 Å². The van der Waals surface area contributed by atoms with Crippen LogP contribution in [0.5, 0.6) is 0 Å². The second-order valence-corrected chi connectivity index (χ2v) is 4.43. The molecular weight excluding hydrogens is 285 g/mol. The number of amides is 1. The Bertz CT molecular complexity index is 356. The van der Waals surface area contributed by atoms with Crippen molar-refractivity contribution >= 4 is 30.7 Å². The quantitative estimate of drug-likeness (QED) is 0.875. The van der Waals surface area contributed by atoms with Crippen LogP contribution in [0.25, 0.3) is 0 Å². The Morgan fingerprint density at radius 3 is 2.89 bits per heavy atom. The van der Waals surface area contributed by atoms with E-state index in [0.29, 0.717) is 19.0 Å². The summed E-state index contributed by atoms with van der Waals surface area (Å²) in [7, 11) is 0. The molecule has 1 atom stereocenters. The normalized spacial score (nSPS) is 17.2. The van der Waals surface area contributed by atoms with E-state index in [9.17, 15) is 4.79 Å². The predicted molar refractivity (Wildman–Crippen MR) is 80.8 cm³/mol. The van der Waals surface area contributed by atoms with Crippen molar-refractivity contribution in [3.05, 3.63) is 30.1 Å². The van der Waals surface area contributed by atoms with E-state index in [0.717, 1.165) is 18.7 Å². The molecule has 6 heteroatoms. The Hall–Kier alpha value is -0.840. The number of aromatic nitrogens is 1. The summed E-state index contributed by atoms with van der Waals surface area (Å²) in [6, 6.07) is 6.25. The zero-order chi connectivity index (χ0) is 11.9. The molecule has 0 spiro atoms. The molecule has 2 N–H and O–H groups in total. The molecule has 1 fully saturated rings. The summed E-state index contributed by atoms with van der Waals surface area (Å²) in [6.45, 7) is 1.62. The van der Waals surface area contributed by atoms with Crippen LogP contribution in [-0.2, 0) is 11.3 Å². The van der Waals surface area contributed by atoms with Gasteiger partial charge in [0.25, 0.3) is 0 Å². The molecule has 0 bridgehead atoms. The molecule has 1 saturated heterocycles. The molecule has 1 unspecified atom stereocenters. The van der Waals surface area contributed by atoms with Gasteiger partial charge in [-0.25, -0.2) is 0 Å². The molecule has 19 heavy (non-hydrogen) atoms. The molecule has 1 aromatic rings. The average molecular weight is 306 g/mol. The van der Waals surface area contributed by atoms with Gasteiger partial charge >= 0.3 is 0 Å². The number of rotatable bonds is 5. The van der Waals surface area contributed by atoms with Gasteiger partial charge in [0, 0.05) is 18.7 Å². The van der Waals surface area contributed by atoms with Crippen LogP contribution in [0.3, 0.4) is 0 Å². The lowest BCUT2D eigenvalue weighted by Crippen LogP contribution is -2.27. The Morgan fingerprint density at radius 1 is 1.42 bits per heavy atom. The highest BCUT2D eigenvalue weighted by Crippen LogP contribution is 2.10. The standard InChI is InChI=1S/C13H19N3O.2ClH/c17-13(7-6-11-5-3-9-14-11)16-10-12-4-1-2-8-15-12;;/h1-2,4,8,11,14H,3,5-7,9-10H2,(H,16,17);2*1H. The number of nitrogens with zero attached hydrogens (tertiary/aromatic N) is 1. The van der Waals surface area contributed by atoms with Crippen LogP contribution < -0.4 is 10.6 Å². The molecule has 0 radical (unpaired) electrons. The SMILES string of the molecule is Cl.Cl.O=C(CCC1CCCN1)NCc1ccccn1. The molecule has 1 aliphatic rings. The summed E-state index contributed by atoms with van der Waals surface area (Å²) in [5.41, 5.74) is 0.903. The molecule has 2 rings (SSSR count). The minimum absolute atomic E-state index is 0. The van der Waals surface area contributed by atoms with E-state index >= 15 is 0 Å². The van der Waals surface area contributed by atoms with E-state index in [-0.39, 0.29) is 30.7 Å². The van der Waals surface area contributed by atoms with Gasteiger partial charge in [0.05, 0.1) is 12.2 Å². The number of nitrogens with one attached hydrogen (secondary N) is 2. The third-order valence-electron chi connectivity index (χ3n) is 3.08. The maximum absolute atomic E-state index is 11.6. The highest BCUT2D eigenvalue weighted by Gasteiger charge is 2.14. The summed E-state index contributed by atoms with van der Waals surface area (Å²) in [6.07, 6.45) is 5.72. The van der Waals surface area contributed by atoms with E-state index in [1.54, 1.807) is 6.20 Å². The van der Waals surface area contributed by atoms with Crippen molar-refractivity contribution in [1.82, 2.24) is 15.6 Å². The fourth-order valence-electron chi connectivity index (χ4n) is 2.09. The first-order chi connectivity index (χ1) is 8.34. The first kappa shape index (κ1) is 18.2. The minimum Gasteiger partial charge on any atom is -0.350 e.